The van der Waals surface area contributed by atoms with Gasteiger partial charge in [-0.15, -0.1) is 0 Å². The number of benzene rings is 1. The number of nitrogens with two attached hydrogens (primary N) is 1. The minimum Gasteiger partial charge on any atom is -0.398 e. The highest BCUT2D eigenvalue weighted by molar-refractivity contribution is 9.10. The quantitative estimate of drug-likeness (QED) is 0.843. The SMILES string of the molecule is Nc1cc(-c2ccccc2)ncc1Br. The van der Waals surface area contributed by atoms with Gasteiger partial charge in [0.15, 0.2) is 0 Å². The van der Waals surface area contributed by atoms with Crippen LogP contribution in [0.25, 0.3) is 11.3 Å². The summed E-state index contributed by atoms with van der Waals surface area (Å²) < 4.78 is 0.831. The van der Waals surface area contributed by atoms with E-state index in [1.165, 1.54) is 0 Å². The molecule has 0 amide bonds. The average molecular weight is 249 g/mol. The normalized spacial score (nSPS) is 10.1. The summed E-state index contributed by atoms with van der Waals surface area (Å²) in [7, 11) is 0. The Morgan fingerprint density at radius 1 is 1.14 bits per heavy atom. The topological polar surface area (TPSA) is 38.9 Å². The van der Waals surface area contributed by atoms with Gasteiger partial charge in [0, 0.05) is 17.4 Å². The Bertz CT molecular complexity index is 440. The van der Waals surface area contributed by atoms with Gasteiger partial charge in [-0.3, -0.25) is 4.98 Å². The van der Waals surface area contributed by atoms with E-state index in [1.54, 1.807) is 6.20 Å². The molecule has 0 saturated carbocycles. The van der Waals surface area contributed by atoms with E-state index in [-0.39, 0.29) is 0 Å². The molecule has 0 saturated heterocycles. The predicted molar refractivity (Wildman–Crippen MR) is 61.8 cm³/mol. The third-order valence-corrected chi connectivity index (χ3v) is 2.62. The third-order valence-electron chi connectivity index (χ3n) is 1.95. The zero-order valence-corrected chi connectivity index (χ0v) is 9.03. The molecule has 2 aromatic rings. The van der Waals surface area contributed by atoms with Crippen LogP contribution in [0.15, 0.2) is 47.1 Å². The van der Waals surface area contributed by atoms with Crippen LogP contribution in [0.3, 0.4) is 0 Å². The van der Waals surface area contributed by atoms with E-state index < -0.39 is 0 Å². The summed E-state index contributed by atoms with van der Waals surface area (Å²) in [6.45, 7) is 0. The van der Waals surface area contributed by atoms with Gasteiger partial charge in [-0.2, -0.15) is 0 Å². The van der Waals surface area contributed by atoms with Gasteiger partial charge >= 0.3 is 0 Å². The highest BCUT2D eigenvalue weighted by Gasteiger charge is 2.01. The molecule has 0 radical (unpaired) electrons. The van der Waals surface area contributed by atoms with Crippen molar-refractivity contribution >= 4 is 21.6 Å². The minimum atomic E-state index is 0.707. The van der Waals surface area contributed by atoms with Gasteiger partial charge < -0.3 is 5.73 Å². The van der Waals surface area contributed by atoms with Gasteiger partial charge in [-0.1, -0.05) is 30.3 Å². The maximum Gasteiger partial charge on any atom is 0.0723 e. The minimum absolute atomic E-state index is 0.707. The van der Waals surface area contributed by atoms with Crippen LogP contribution in [0.4, 0.5) is 5.69 Å². The van der Waals surface area contributed by atoms with Crippen molar-refractivity contribution in [3.63, 3.8) is 0 Å². The molecular weight excluding hydrogens is 240 g/mol. The molecular formula is C11H9BrN2. The molecule has 0 fully saturated rings. The summed E-state index contributed by atoms with van der Waals surface area (Å²) in [5.74, 6) is 0. The van der Waals surface area contributed by atoms with Crippen molar-refractivity contribution < 1.29 is 0 Å². The number of nitrogen functional groups attached to an aromatic ring is 1. The lowest BCUT2D eigenvalue weighted by Gasteiger charge is -2.02. The summed E-state index contributed by atoms with van der Waals surface area (Å²) in [5, 5.41) is 0. The lowest BCUT2D eigenvalue weighted by atomic mass is 10.1. The van der Waals surface area contributed by atoms with Crippen LogP contribution in [-0.4, -0.2) is 4.98 Å². The average Bonchev–Trinajstić information content (AvgIpc) is 2.23. The van der Waals surface area contributed by atoms with Gasteiger partial charge in [-0.25, -0.2) is 0 Å². The molecule has 0 atom stereocenters. The van der Waals surface area contributed by atoms with E-state index in [0.717, 1.165) is 15.7 Å². The van der Waals surface area contributed by atoms with Gasteiger partial charge in [0.2, 0.25) is 0 Å². The molecule has 0 aliphatic rings. The fourth-order valence-corrected chi connectivity index (χ4v) is 1.44. The molecule has 0 spiro atoms. The predicted octanol–water partition coefficient (Wildman–Crippen LogP) is 3.09. The van der Waals surface area contributed by atoms with E-state index in [9.17, 15) is 0 Å². The lowest BCUT2D eigenvalue weighted by molar-refractivity contribution is 1.31. The van der Waals surface area contributed by atoms with E-state index in [2.05, 4.69) is 20.9 Å². The number of nitrogens with zero attached hydrogens (tertiary/aromatic N) is 1. The Kier molecular flexibility index (Phi) is 2.50. The van der Waals surface area contributed by atoms with Crippen molar-refractivity contribution in [2.75, 3.05) is 5.73 Å². The largest absolute Gasteiger partial charge is 0.398 e. The molecule has 0 bridgehead atoms. The Balaban J connectivity index is 2.48. The molecule has 2 nitrogen and oxygen atoms in total. The first-order chi connectivity index (χ1) is 6.77. The van der Waals surface area contributed by atoms with Crippen LogP contribution < -0.4 is 5.73 Å². The molecule has 1 aromatic carbocycles. The molecule has 0 unspecified atom stereocenters. The number of halogens is 1. The van der Waals surface area contributed by atoms with Crippen LogP contribution in [0.1, 0.15) is 0 Å². The van der Waals surface area contributed by atoms with E-state index >= 15 is 0 Å². The first-order valence-electron chi connectivity index (χ1n) is 4.24. The van der Waals surface area contributed by atoms with Crippen molar-refractivity contribution in [3.05, 3.63) is 47.1 Å². The molecule has 14 heavy (non-hydrogen) atoms. The van der Waals surface area contributed by atoms with Crippen molar-refractivity contribution in [1.29, 1.82) is 0 Å². The summed E-state index contributed by atoms with van der Waals surface area (Å²) in [6, 6.07) is 11.8. The lowest BCUT2D eigenvalue weighted by Crippen LogP contribution is -1.90. The van der Waals surface area contributed by atoms with Gasteiger partial charge in [-0.05, 0) is 22.0 Å². The molecule has 1 heterocycles. The Morgan fingerprint density at radius 2 is 1.86 bits per heavy atom. The number of rotatable bonds is 1. The fourth-order valence-electron chi connectivity index (χ4n) is 1.22. The number of pyridine rings is 1. The summed E-state index contributed by atoms with van der Waals surface area (Å²) in [4.78, 5) is 4.28. The van der Waals surface area contributed by atoms with Crippen LogP contribution in [0.5, 0.6) is 0 Å². The third kappa shape index (κ3) is 1.77. The smallest absolute Gasteiger partial charge is 0.0723 e. The number of aromatic nitrogens is 1. The van der Waals surface area contributed by atoms with Crippen molar-refractivity contribution in [3.8, 4) is 11.3 Å². The zero-order chi connectivity index (χ0) is 9.97. The van der Waals surface area contributed by atoms with E-state index in [4.69, 9.17) is 5.73 Å². The van der Waals surface area contributed by atoms with Crippen molar-refractivity contribution in [2.24, 2.45) is 0 Å². The maximum absolute atomic E-state index is 5.77. The highest BCUT2D eigenvalue weighted by atomic mass is 79.9. The van der Waals surface area contributed by atoms with E-state index in [0.29, 0.717) is 5.69 Å². The monoisotopic (exact) mass is 248 g/mol. The molecule has 0 aliphatic carbocycles. The number of hydrogen-bond donors (Lipinski definition) is 1. The number of hydrogen-bond acceptors (Lipinski definition) is 2. The van der Waals surface area contributed by atoms with Gasteiger partial charge in [0.05, 0.1) is 10.2 Å². The molecule has 1 aromatic heterocycles. The van der Waals surface area contributed by atoms with Crippen LogP contribution >= 0.6 is 15.9 Å². The second-order valence-electron chi connectivity index (χ2n) is 2.96. The fraction of sp³-hybridized carbons (Fsp3) is 0. The van der Waals surface area contributed by atoms with Crippen molar-refractivity contribution in [1.82, 2.24) is 4.98 Å². The Hall–Kier alpha value is -1.35. The zero-order valence-electron chi connectivity index (χ0n) is 7.44. The van der Waals surface area contributed by atoms with Gasteiger partial charge in [0.1, 0.15) is 0 Å². The second kappa shape index (κ2) is 3.80. The summed E-state index contributed by atoms with van der Waals surface area (Å²) in [5.41, 5.74) is 8.45. The Labute approximate surface area is 90.9 Å². The molecule has 2 rings (SSSR count). The molecule has 3 heteroatoms. The first-order valence-corrected chi connectivity index (χ1v) is 5.03. The van der Waals surface area contributed by atoms with Crippen LogP contribution in [0.2, 0.25) is 0 Å². The Morgan fingerprint density at radius 3 is 2.50 bits per heavy atom. The molecule has 0 aliphatic heterocycles. The van der Waals surface area contributed by atoms with Gasteiger partial charge in [0.25, 0.3) is 0 Å². The maximum atomic E-state index is 5.77. The number of anilines is 1. The van der Waals surface area contributed by atoms with Crippen LogP contribution in [-0.2, 0) is 0 Å². The van der Waals surface area contributed by atoms with Crippen LogP contribution in [0, 0.1) is 0 Å². The highest BCUT2D eigenvalue weighted by Crippen LogP contribution is 2.23. The summed E-state index contributed by atoms with van der Waals surface area (Å²) in [6.07, 6.45) is 1.72. The molecule has 2 N–H and O–H groups in total. The second-order valence-corrected chi connectivity index (χ2v) is 3.81. The van der Waals surface area contributed by atoms with E-state index in [1.807, 2.05) is 36.4 Å². The summed E-state index contributed by atoms with van der Waals surface area (Å²) >= 11 is 3.31. The van der Waals surface area contributed by atoms with Crippen molar-refractivity contribution in [2.45, 2.75) is 0 Å². The first kappa shape index (κ1) is 9.21. The molecule has 70 valence electrons. The standard InChI is InChI=1S/C11H9BrN2/c12-9-7-14-11(6-10(9)13)8-4-2-1-3-5-8/h1-7H,(H2,13,14).